The first-order valence-corrected chi connectivity index (χ1v) is 12.2. The molecule has 0 saturated heterocycles. The van der Waals surface area contributed by atoms with E-state index in [0.29, 0.717) is 13.2 Å². The van der Waals surface area contributed by atoms with Crippen molar-refractivity contribution in [2.75, 3.05) is 19.8 Å². The highest BCUT2D eigenvalue weighted by Crippen LogP contribution is 2.21. The predicted octanol–water partition coefficient (Wildman–Crippen LogP) is 6.60. The molecule has 1 aromatic carbocycles. The Bertz CT molecular complexity index is 685. The summed E-state index contributed by atoms with van der Waals surface area (Å²) in [7, 11) is 0. The number of benzene rings is 1. The molecule has 1 heterocycles. The molecule has 2 aromatic rings. The van der Waals surface area contributed by atoms with Gasteiger partial charge < -0.3 is 14.6 Å². The summed E-state index contributed by atoms with van der Waals surface area (Å²) in [5.41, 5.74) is 3.20. The van der Waals surface area contributed by atoms with Crippen molar-refractivity contribution in [3.63, 3.8) is 0 Å². The lowest BCUT2D eigenvalue weighted by atomic mass is 10.0. The lowest BCUT2D eigenvalue weighted by Gasteiger charge is -2.11. The molecule has 0 amide bonds. The van der Waals surface area contributed by atoms with Crippen LogP contribution >= 0.6 is 0 Å². The van der Waals surface area contributed by atoms with Gasteiger partial charge in [-0.3, -0.25) is 4.98 Å². The molecule has 4 heteroatoms. The summed E-state index contributed by atoms with van der Waals surface area (Å²) in [6.07, 6.45) is 12.7. The summed E-state index contributed by atoms with van der Waals surface area (Å²) in [6, 6.07) is 12.2. The maximum Gasteiger partial charge on any atom is 0.119 e. The van der Waals surface area contributed by atoms with E-state index in [2.05, 4.69) is 31.0 Å². The first kappa shape index (κ1) is 25.4. The topological polar surface area (TPSA) is 51.6 Å². The van der Waals surface area contributed by atoms with E-state index in [1.54, 1.807) is 0 Å². The zero-order valence-corrected chi connectivity index (χ0v) is 19.5. The van der Waals surface area contributed by atoms with E-state index in [4.69, 9.17) is 9.47 Å². The fourth-order valence-corrected chi connectivity index (χ4v) is 3.52. The van der Waals surface area contributed by atoms with Gasteiger partial charge in [-0.1, -0.05) is 58.4 Å². The first-order chi connectivity index (χ1) is 15.2. The molecule has 0 saturated carbocycles. The molecule has 31 heavy (non-hydrogen) atoms. The van der Waals surface area contributed by atoms with Crippen molar-refractivity contribution in [3.8, 4) is 17.0 Å². The Morgan fingerprint density at radius 1 is 0.806 bits per heavy atom. The minimum absolute atomic E-state index is 0.203. The van der Waals surface area contributed by atoms with Crippen LogP contribution in [0.15, 0.2) is 42.6 Å². The number of aliphatic hydroxyl groups excluding tert-OH is 1. The Morgan fingerprint density at radius 2 is 1.58 bits per heavy atom. The van der Waals surface area contributed by atoms with Crippen LogP contribution in [-0.2, 0) is 11.2 Å². The van der Waals surface area contributed by atoms with Gasteiger partial charge in [-0.15, -0.1) is 0 Å². The predicted molar refractivity (Wildman–Crippen MR) is 129 cm³/mol. The SMILES string of the molecule is CCCCCCC(O)CCc1ccc(-c2ccc(OCCOCCCCC)cc2)nc1. The quantitative estimate of drug-likeness (QED) is 0.289. The van der Waals surface area contributed by atoms with Crippen LogP contribution in [0.25, 0.3) is 11.3 Å². The molecule has 1 aromatic heterocycles. The van der Waals surface area contributed by atoms with Gasteiger partial charge in [-0.25, -0.2) is 0 Å². The molecule has 0 aliphatic heterocycles. The number of nitrogens with zero attached hydrogens (tertiary/aromatic N) is 1. The van der Waals surface area contributed by atoms with Gasteiger partial charge in [0.2, 0.25) is 0 Å². The van der Waals surface area contributed by atoms with Gasteiger partial charge in [0.1, 0.15) is 12.4 Å². The van der Waals surface area contributed by atoms with Crippen molar-refractivity contribution in [1.29, 1.82) is 0 Å². The Labute approximate surface area is 189 Å². The van der Waals surface area contributed by atoms with Gasteiger partial charge in [-0.2, -0.15) is 0 Å². The molecular formula is C27H41NO3. The number of aryl methyl sites for hydroxylation is 1. The van der Waals surface area contributed by atoms with E-state index in [-0.39, 0.29) is 6.10 Å². The smallest absolute Gasteiger partial charge is 0.119 e. The van der Waals surface area contributed by atoms with E-state index >= 15 is 0 Å². The van der Waals surface area contributed by atoms with Crippen molar-refractivity contribution in [2.45, 2.75) is 84.2 Å². The van der Waals surface area contributed by atoms with Gasteiger partial charge in [0.05, 0.1) is 18.4 Å². The molecule has 0 aliphatic carbocycles. The molecule has 0 radical (unpaired) electrons. The summed E-state index contributed by atoms with van der Waals surface area (Å²) in [6.45, 7) is 6.42. The van der Waals surface area contributed by atoms with Crippen LogP contribution in [0.1, 0.15) is 77.2 Å². The molecule has 0 spiro atoms. The third kappa shape index (κ3) is 10.8. The van der Waals surface area contributed by atoms with Gasteiger partial charge in [0, 0.05) is 18.4 Å². The largest absolute Gasteiger partial charge is 0.491 e. The zero-order chi connectivity index (χ0) is 22.2. The highest BCUT2D eigenvalue weighted by Gasteiger charge is 2.06. The monoisotopic (exact) mass is 427 g/mol. The van der Waals surface area contributed by atoms with Crippen molar-refractivity contribution < 1.29 is 14.6 Å². The second-order valence-electron chi connectivity index (χ2n) is 8.29. The summed E-state index contributed by atoms with van der Waals surface area (Å²) >= 11 is 0. The number of pyridine rings is 1. The van der Waals surface area contributed by atoms with E-state index in [0.717, 1.165) is 55.7 Å². The molecule has 0 bridgehead atoms. The zero-order valence-electron chi connectivity index (χ0n) is 19.5. The molecular weight excluding hydrogens is 386 g/mol. The maximum absolute atomic E-state index is 10.2. The second-order valence-corrected chi connectivity index (χ2v) is 8.29. The Morgan fingerprint density at radius 3 is 2.29 bits per heavy atom. The summed E-state index contributed by atoms with van der Waals surface area (Å²) in [5.74, 6) is 0.852. The number of aliphatic hydroxyl groups is 1. The summed E-state index contributed by atoms with van der Waals surface area (Å²) in [4.78, 5) is 4.61. The molecule has 1 N–H and O–H groups in total. The molecule has 172 valence electrons. The average molecular weight is 428 g/mol. The lowest BCUT2D eigenvalue weighted by Crippen LogP contribution is -2.08. The maximum atomic E-state index is 10.2. The summed E-state index contributed by atoms with van der Waals surface area (Å²) < 4.78 is 11.3. The van der Waals surface area contributed by atoms with Crippen molar-refractivity contribution >= 4 is 0 Å². The highest BCUT2D eigenvalue weighted by molar-refractivity contribution is 5.60. The van der Waals surface area contributed by atoms with Crippen molar-refractivity contribution in [2.24, 2.45) is 0 Å². The van der Waals surface area contributed by atoms with Crippen LogP contribution in [0, 0.1) is 0 Å². The van der Waals surface area contributed by atoms with Crippen molar-refractivity contribution in [1.82, 2.24) is 4.98 Å². The fourth-order valence-electron chi connectivity index (χ4n) is 3.52. The lowest BCUT2D eigenvalue weighted by molar-refractivity contribution is 0.0973. The summed E-state index contributed by atoms with van der Waals surface area (Å²) in [5, 5.41) is 10.2. The number of rotatable bonds is 17. The van der Waals surface area contributed by atoms with Gasteiger partial charge >= 0.3 is 0 Å². The molecule has 2 rings (SSSR count). The normalized spacial score (nSPS) is 12.1. The Hall–Kier alpha value is -1.91. The molecule has 1 atom stereocenters. The fraction of sp³-hybridized carbons (Fsp3) is 0.593. The average Bonchev–Trinajstić information content (AvgIpc) is 2.81. The first-order valence-electron chi connectivity index (χ1n) is 12.2. The van der Waals surface area contributed by atoms with E-state index < -0.39 is 0 Å². The van der Waals surface area contributed by atoms with Gasteiger partial charge in [-0.05, 0) is 61.6 Å². The number of hydrogen-bond donors (Lipinski definition) is 1. The van der Waals surface area contributed by atoms with Crippen LogP contribution in [0.5, 0.6) is 5.75 Å². The van der Waals surface area contributed by atoms with Crippen LogP contribution in [0.2, 0.25) is 0 Å². The minimum atomic E-state index is -0.203. The second kappa shape index (κ2) is 15.8. The van der Waals surface area contributed by atoms with Gasteiger partial charge in [0.15, 0.2) is 0 Å². The number of unbranched alkanes of at least 4 members (excludes halogenated alkanes) is 5. The van der Waals surface area contributed by atoms with Crippen molar-refractivity contribution in [3.05, 3.63) is 48.2 Å². The molecule has 4 nitrogen and oxygen atoms in total. The molecule has 1 unspecified atom stereocenters. The Kier molecular flexibility index (Phi) is 12.9. The van der Waals surface area contributed by atoms with Crippen LogP contribution in [0.4, 0.5) is 0 Å². The Balaban J connectivity index is 1.69. The third-order valence-electron chi connectivity index (χ3n) is 5.52. The van der Waals surface area contributed by atoms with E-state index in [1.807, 2.05) is 30.5 Å². The molecule has 0 aliphatic rings. The van der Waals surface area contributed by atoms with Crippen LogP contribution in [0.3, 0.4) is 0 Å². The highest BCUT2D eigenvalue weighted by atomic mass is 16.5. The van der Waals surface area contributed by atoms with E-state index in [1.165, 1.54) is 37.7 Å². The number of hydrogen-bond acceptors (Lipinski definition) is 4. The number of ether oxygens (including phenoxy) is 2. The molecule has 0 fully saturated rings. The van der Waals surface area contributed by atoms with Crippen LogP contribution < -0.4 is 4.74 Å². The number of aromatic nitrogens is 1. The van der Waals surface area contributed by atoms with E-state index in [9.17, 15) is 5.11 Å². The van der Waals surface area contributed by atoms with Crippen LogP contribution in [-0.4, -0.2) is 36.0 Å². The third-order valence-corrected chi connectivity index (χ3v) is 5.52. The standard InChI is InChI=1S/C27H41NO3/c1-3-5-7-8-10-25(29)15-11-23-12-18-27(28-22-23)24-13-16-26(17-14-24)31-21-20-30-19-9-6-4-2/h12-14,16-18,22,25,29H,3-11,15,19-21H2,1-2H3. The minimum Gasteiger partial charge on any atom is -0.491 e. The van der Waals surface area contributed by atoms with Gasteiger partial charge in [0.25, 0.3) is 0 Å².